The third kappa shape index (κ3) is 4.80. The van der Waals surface area contributed by atoms with Crippen LogP contribution in [0.15, 0.2) is 70.7 Å². The zero-order valence-electron chi connectivity index (χ0n) is 17.6. The average Bonchev–Trinajstić information content (AvgIpc) is 3.47. The third-order valence-electron chi connectivity index (χ3n) is 4.55. The monoisotopic (exact) mass is 464 g/mol. The van der Waals surface area contributed by atoms with E-state index in [2.05, 4.69) is 42.7 Å². The van der Waals surface area contributed by atoms with Gasteiger partial charge in [0.2, 0.25) is 11.6 Å². The van der Waals surface area contributed by atoms with Crippen molar-refractivity contribution in [3.8, 4) is 11.6 Å². The lowest BCUT2D eigenvalue weighted by Crippen LogP contribution is -2.36. The number of ether oxygens (including phenoxy) is 1. The molecule has 0 aliphatic carbocycles. The molecule has 0 unspecified atom stereocenters. The van der Waals surface area contributed by atoms with Crippen LogP contribution in [0.25, 0.3) is 11.5 Å². The molecular weight excluding hydrogens is 444 g/mol. The molecule has 2 heterocycles. The molecule has 0 bridgehead atoms. The van der Waals surface area contributed by atoms with Crippen LogP contribution in [-0.4, -0.2) is 38.3 Å². The Labute approximate surface area is 192 Å². The number of nitrogens with two attached hydrogens (primary N) is 1. The van der Waals surface area contributed by atoms with Crippen LogP contribution >= 0.6 is 11.8 Å². The molecule has 0 spiro atoms. The number of para-hydroxylation sites is 1. The second-order valence-corrected chi connectivity index (χ2v) is 7.68. The summed E-state index contributed by atoms with van der Waals surface area (Å²) < 4.78 is 11.4. The van der Waals surface area contributed by atoms with Gasteiger partial charge in [-0.3, -0.25) is 15.6 Å². The zero-order valence-corrected chi connectivity index (χ0v) is 18.4. The van der Waals surface area contributed by atoms with Crippen molar-refractivity contribution in [2.24, 2.45) is 0 Å². The van der Waals surface area contributed by atoms with Crippen molar-refractivity contribution in [3.63, 3.8) is 0 Å². The van der Waals surface area contributed by atoms with E-state index in [0.29, 0.717) is 28.5 Å². The number of benzene rings is 2. The van der Waals surface area contributed by atoms with Crippen LogP contribution in [-0.2, 0) is 5.75 Å². The number of aromatic nitrogens is 5. The second-order valence-electron chi connectivity index (χ2n) is 6.63. The molecule has 0 aliphatic rings. The third-order valence-corrected chi connectivity index (χ3v) is 5.58. The number of methoxy groups -OCH3 is 1. The van der Waals surface area contributed by atoms with Gasteiger partial charge >= 0.3 is 0 Å². The first-order valence-electron chi connectivity index (χ1n) is 9.68. The molecule has 0 fully saturated rings. The van der Waals surface area contributed by atoms with E-state index in [1.807, 2.05) is 48.5 Å². The van der Waals surface area contributed by atoms with Crippen molar-refractivity contribution in [3.05, 3.63) is 78.1 Å². The van der Waals surface area contributed by atoms with Gasteiger partial charge in [-0.1, -0.05) is 42.1 Å². The van der Waals surface area contributed by atoms with E-state index in [9.17, 15) is 4.79 Å². The number of thioether (sulfide) groups is 1. The first kappa shape index (κ1) is 21.9. The number of hydrogen-bond donors (Lipinski definition) is 3. The molecule has 4 rings (SSSR count). The Balaban J connectivity index is 1.55. The Morgan fingerprint density at radius 1 is 1.15 bits per heavy atom. The number of rotatable bonds is 9. The van der Waals surface area contributed by atoms with Crippen molar-refractivity contribution < 1.29 is 14.2 Å². The fourth-order valence-corrected chi connectivity index (χ4v) is 3.85. The van der Waals surface area contributed by atoms with Crippen LogP contribution < -0.4 is 21.3 Å². The molecule has 33 heavy (non-hydrogen) atoms. The fourth-order valence-electron chi connectivity index (χ4n) is 2.94. The van der Waals surface area contributed by atoms with Crippen molar-refractivity contribution in [2.75, 3.05) is 12.8 Å². The van der Waals surface area contributed by atoms with Gasteiger partial charge in [-0.05, 0) is 34.6 Å². The number of carbonyl (C=O) groups is 1. The molecule has 0 saturated carbocycles. The lowest BCUT2D eigenvalue weighted by Gasteiger charge is -2.13. The SMILES string of the molecule is C=C(NNC(=O)c1nnn(-c2nonc2N)c1CSc1ccccc1)c1ccccc1OC. The predicted molar refractivity (Wildman–Crippen MR) is 122 cm³/mol. The molecule has 168 valence electrons. The van der Waals surface area contributed by atoms with E-state index in [1.165, 1.54) is 16.4 Å². The topological polar surface area (TPSA) is 146 Å². The number of hydrazine groups is 1. The molecule has 11 nitrogen and oxygen atoms in total. The molecule has 4 N–H and O–H groups in total. The maximum absolute atomic E-state index is 13.0. The van der Waals surface area contributed by atoms with Gasteiger partial charge in [0.05, 0.1) is 18.5 Å². The molecule has 12 heteroatoms. The van der Waals surface area contributed by atoms with Gasteiger partial charge in [0.1, 0.15) is 5.75 Å². The Hall–Kier alpha value is -4.32. The zero-order chi connectivity index (χ0) is 23.2. The van der Waals surface area contributed by atoms with Crippen LogP contribution in [0.4, 0.5) is 5.82 Å². The molecule has 2 aromatic heterocycles. The minimum Gasteiger partial charge on any atom is -0.496 e. The molecule has 0 saturated heterocycles. The van der Waals surface area contributed by atoms with Crippen LogP contribution in [0, 0.1) is 0 Å². The molecule has 0 radical (unpaired) electrons. The molecule has 0 aliphatic heterocycles. The second kappa shape index (κ2) is 9.87. The summed E-state index contributed by atoms with van der Waals surface area (Å²) >= 11 is 1.50. The van der Waals surface area contributed by atoms with Crippen molar-refractivity contribution in [1.82, 2.24) is 36.2 Å². The summed E-state index contributed by atoms with van der Waals surface area (Å²) in [6.45, 7) is 3.96. The molecule has 4 aromatic rings. The van der Waals surface area contributed by atoms with E-state index in [0.717, 1.165) is 4.90 Å². The maximum Gasteiger partial charge on any atom is 0.292 e. The van der Waals surface area contributed by atoms with Gasteiger partial charge in [0.15, 0.2) is 5.69 Å². The van der Waals surface area contributed by atoms with Crippen molar-refractivity contribution in [2.45, 2.75) is 10.6 Å². The quantitative estimate of drug-likeness (QED) is 0.249. The Kier molecular flexibility index (Phi) is 6.55. The average molecular weight is 465 g/mol. The molecule has 2 aromatic carbocycles. The number of nitrogens with zero attached hydrogens (tertiary/aromatic N) is 5. The number of hydrogen-bond acceptors (Lipinski definition) is 10. The van der Waals surface area contributed by atoms with Gasteiger partial charge in [-0.2, -0.15) is 4.68 Å². The largest absolute Gasteiger partial charge is 0.496 e. The predicted octanol–water partition coefficient (Wildman–Crippen LogP) is 2.44. The van der Waals surface area contributed by atoms with Gasteiger partial charge in [-0.15, -0.1) is 16.9 Å². The van der Waals surface area contributed by atoms with E-state index in [1.54, 1.807) is 13.2 Å². The number of carbonyl (C=O) groups excluding carboxylic acids is 1. The van der Waals surface area contributed by atoms with E-state index < -0.39 is 5.91 Å². The van der Waals surface area contributed by atoms with Crippen LogP contribution in [0.1, 0.15) is 21.7 Å². The normalized spacial score (nSPS) is 10.6. The highest BCUT2D eigenvalue weighted by atomic mass is 32.2. The summed E-state index contributed by atoms with van der Waals surface area (Å²) in [5.41, 5.74) is 12.9. The summed E-state index contributed by atoms with van der Waals surface area (Å²) in [5.74, 6) is 0.636. The van der Waals surface area contributed by atoms with Gasteiger partial charge < -0.3 is 10.5 Å². The van der Waals surface area contributed by atoms with Crippen LogP contribution in [0.2, 0.25) is 0 Å². The van der Waals surface area contributed by atoms with Crippen LogP contribution in [0.5, 0.6) is 5.75 Å². The van der Waals surface area contributed by atoms with E-state index in [-0.39, 0.29) is 17.3 Å². The van der Waals surface area contributed by atoms with E-state index in [4.69, 9.17) is 10.5 Å². The summed E-state index contributed by atoms with van der Waals surface area (Å²) in [6.07, 6.45) is 0. The molecule has 1 amide bonds. The summed E-state index contributed by atoms with van der Waals surface area (Å²) in [5, 5.41) is 15.4. The molecule has 0 atom stereocenters. The van der Waals surface area contributed by atoms with Crippen molar-refractivity contribution >= 4 is 29.2 Å². The lowest BCUT2D eigenvalue weighted by atomic mass is 10.1. The smallest absolute Gasteiger partial charge is 0.292 e. The highest BCUT2D eigenvalue weighted by molar-refractivity contribution is 7.98. The first-order valence-corrected chi connectivity index (χ1v) is 10.7. The van der Waals surface area contributed by atoms with Crippen LogP contribution in [0.3, 0.4) is 0 Å². The highest BCUT2D eigenvalue weighted by Gasteiger charge is 2.24. The first-order chi connectivity index (χ1) is 16.1. The fraction of sp³-hybridized carbons (Fsp3) is 0.0952. The van der Waals surface area contributed by atoms with Crippen molar-refractivity contribution in [1.29, 1.82) is 0 Å². The van der Waals surface area contributed by atoms with Gasteiger partial charge in [-0.25, -0.2) is 4.63 Å². The number of anilines is 1. The minimum absolute atomic E-state index is 0.0282. The summed E-state index contributed by atoms with van der Waals surface area (Å²) in [6, 6.07) is 17.0. The van der Waals surface area contributed by atoms with Gasteiger partial charge in [0, 0.05) is 16.2 Å². The minimum atomic E-state index is -0.518. The van der Waals surface area contributed by atoms with Gasteiger partial charge in [0.25, 0.3) is 5.91 Å². The standard InChI is InChI=1S/C21H20N8O3S/c1-13(15-10-6-7-11-17(15)31-2)23-25-21(30)18-16(12-33-14-8-4-3-5-9-14)29(28-24-18)20-19(22)26-32-27-20/h3-11,23H,1,12H2,2H3,(H2,22,26)(H,25,30). The molecular formula is C21H20N8O3S. The van der Waals surface area contributed by atoms with E-state index >= 15 is 0 Å². The highest BCUT2D eigenvalue weighted by Crippen LogP contribution is 2.26. The maximum atomic E-state index is 13.0. The Morgan fingerprint density at radius 3 is 2.64 bits per heavy atom. The Bertz CT molecular complexity index is 1270. The number of nitrogens with one attached hydrogen (secondary N) is 2. The Morgan fingerprint density at radius 2 is 1.91 bits per heavy atom. The number of nitrogen functional groups attached to an aromatic ring is 1. The summed E-state index contributed by atoms with van der Waals surface area (Å²) in [7, 11) is 1.56. The lowest BCUT2D eigenvalue weighted by molar-refractivity contribution is 0.0936. The summed E-state index contributed by atoms with van der Waals surface area (Å²) in [4.78, 5) is 14.0. The number of amides is 1.